The Morgan fingerprint density at radius 2 is 1.77 bits per heavy atom. The number of aliphatic imine (C=N–C) groups is 1. The average molecular weight is 350 g/mol. The van der Waals surface area contributed by atoms with Gasteiger partial charge in [-0.05, 0) is 29.8 Å². The van der Waals surface area contributed by atoms with E-state index in [0.29, 0.717) is 17.9 Å². The highest BCUT2D eigenvalue weighted by atomic mass is 19.1. The molecule has 1 unspecified atom stereocenters. The molecule has 0 spiro atoms. The standard InChI is InChI=1S/C19H19FN6/c1-25-18-16(15(24-25)11-12-5-3-2-4-6-12)17(21)26(19(22)23-18)14-9-7-13(20)8-10-14/h2-10,17H,11,21H2,1H3,(H2,22,23). The Bertz CT molecular complexity index is 962. The molecule has 3 aromatic rings. The molecule has 7 heteroatoms. The monoisotopic (exact) mass is 350 g/mol. The molecule has 1 aromatic heterocycles. The maximum Gasteiger partial charge on any atom is 0.204 e. The third-order valence-corrected chi connectivity index (χ3v) is 4.49. The predicted octanol–water partition coefficient (Wildman–Crippen LogP) is 2.57. The lowest BCUT2D eigenvalue weighted by Gasteiger charge is -2.33. The Hall–Kier alpha value is -3.19. The molecule has 2 heterocycles. The van der Waals surface area contributed by atoms with Gasteiger partial charge in [0.1, 0.15) is 12.0 Å². The van der Waals surface area contributed by atoms with Crippen molar-refractivity contribution >= 4 is 17.5 Å². The van der Waals surface area contributed by atoms with Gasteiger partial charge in [-0.3, -0.25) is 9.58 Å². The van der Waals surface area contributed by atoms with Gasteiger partial charge in [-0.2, -0.15) is 10.1 Å². The number of guanidine groups is 1. The van der Waals surface area contributed by atoms with E-state index in [9.17, 15) is 4.39 Å². The fourth-order valence-electron chi connectivity index (χ4n) is 3.27. The van der Waals surface area contributed by atoms with E-state index in [0.717, 1.165) is 16.8 Å². The number of aromatic nitrogens is 2. The molecule has 1 atom stereocenters. The number of hydrogen-bond acceptors (Lipinski definition) is 5. The van der Waals surface area contributed by atoms with E-state index in [-0.39, 0.29) is 11.8 Å². The molecule has 4 N–H and O–H groups in total. The van der Waals surface area contributed by atoms with Crippen molar-refractivity contribution in [1.29, 1.82) is 0 Å². The lowest BCUT2D eigenvalue weighted by atomic mass is 10.0. The van der Waals surface area contributed by atoms with E-state index >= 15 is 0 Å². The Labute approximate surface area is 150 Å². The summed E-state index contributed by atoms with van der Waals surface area (Å²) in [4.78, 5) is 6.18. The molecule has 132 valence electrons. The molecule has 6 nitrogen and oxygen atoms in total. The minimum atomic E-state index is -0.555. The predicted molar refractivity (Wildman–Crippen MR) is 99.5 cm³/mol. The molecule has 1 aliphatic heterocycles. The average Bonchev–Trinajstić information content (AvgIpc) is 2.93. The fraction of sp³-hybridized carbons (Fsp3) is 0.158. The van der Waals surface area contributed by atoms with Crippen LogP contribution in [0.3, 0.4) is 0 Å². The first-order chi connectivity index (χ1) is 12.5. The Morgan fingerprint density at radius 3 is 2.46 bits per heavy atom. The second-order valence-electron chi connectivity index (χ2n) is 6.23. The number of rotatable bonds is 3. The van der Waals surface area contributed by atoms with Gasteiger partial charge in [0.25, 0.3) is 0 Å². The van der Waals surface area contributed by atoms with Crippen LogP contribution in [0.15, 0.2) is 59.6 Å². The largest absolute Gasteiger partial charge is 0.369 e. The van der Waals surface area contributed by atoms with Crippen molar-refractivity contribution in [2.75, 3.05) is 4.90 Å². The summed E-state index contributed by atoms with van der Waals surface area (Å²) in [6.07, 6.45) is 0.0880. The summed E-state index contributed by atoms with van der Waals surface area (Å²) in [5.74, 6) is 0.590. The number of aryl methyl sites for hydroxylation is 1. The molecule has 2 aromatic carbocycles. The van der Waals surface area contributed by atoms with Crippen molar-refractivity contribution in [2.24, 2.45) is 23.5 Å². The number of benzene rings is 2. The zero-order chi connectivity index (χ0) is 18.3. The van der Waals surface area contributed by atoms with Gasteiger partial charge >= 0.3 is 0 Å². The maximum absolute atomic E-state index is 13.3. The number of nitrogens with zero attached hydrogens (tertiary/aromatic N) is 4. The van der Waals surface area contributed by atoms with Gasteiger partial charge in [0.15, 0.2) is 5.82 Å². The normalized spacial score (nSPS) is 16.3. The minimum absolute atomic E-state index is 0.255. The van der Waals surface area contributed by atoms with Crippen LogP contribution in [0, 0.1) is 5.82 Å². The molecule has 0 saturated heterocycles. The van der Waals surface area contributed by atoms with Crippen LogP contribution in [-0.2, 0) is 13.5 Å². The van der Waals surface area contributed by atoms with Crippen molar-refractivity contribution in [3.8, 4) is 0 Å². The summed E-state index contributed by atoms with van der Waals surface area (Å²) in [6, 6.07) is 16.1. The summed E-state index contributed by atoms with van der Waals surface area (Å²) in [5.41, 5.74) is 16.2. The van der Waals surface area contributed by atoms with Crippen LogP contribution in [0.25, 0.3) is 0 Å². The molecule has 26 heavy (non-hydrogen) atoms. The van der Waals surface area contributed by atoms with E-state index in [4.69, 9.17) is 11.5 Å². The molecule has 0 saturated carbocycles. The van der Waals surface area contributed by atoms with E-state index in [2.05, 4.69) is 10.1 Å². The summed E-state index contributed by atoms with van der Waals surface area (Å²) in [5, 5.41) is 4.60. The number of fused-ring (bicyclic) bond motifs is 1. The van der Waals surface area contributed by atoms with Gasteiger partial charge in [0.05, 0.1) is 11.3 Å². The first-order valence-electron chi connectivity index (χ1n) is 8.29. The third kappa shape index (κ3) is 2.72. The second-order valence-corrected chi connectivity index (χ2v) is 6.23. The Morgan fingerprint density at radius 1 is 1.08 bits per heavy atom. The van der Waals surface area contributed by atoms with Crippen LogP contribution in [-0.4, -0.2) is 15.7 Å². The lowest BCUT2D eigenvalue weighted by Crippen LogP contribution is -2.46. The Balaban J connectivity index is 1.77. The maximum atomic E-state index is 13.3. The molecule has 0 fully saturated rings. The molecule has 1 aliphatic rings. The van der Waals surface area contributed by atoms with E-state index in [1.807, 2.05) is 37.4 Å². The Kier molecular flexibility index (Phi) is 3.93. The topological polar surface area (TPSA) is 85.5 Å². The van der Waals surface area contributed by atoms with Gasteiger partial charge in [0, 0.05) is 19.2 Å². The van der Waals surface area contributed by atoms with E-state index < -0.39 is 6.17 Å². The zero-order valence-corrected chi connectivity index (χ0v) is 14.3. The summed E-state index contributed by atoms with van der Waals surface area (Å²) >= 11 is 0. The van der Waals surface area contributed by atoms with Crippen LogP contribution in [0.2, 0.25) is 0 Å². The van der Waals surface area contributed by atoms with Crippen LogP contribution in [0.5, 0.6) is 0 Å². The lowest BCUT2D eigenvalue weighted by molar-refractivity contribution is 0.627. The highest BCUT2D eigenvalue weighted by Gasteiger charge is 2.32. The van der Waals surface area contributed by atoms with Crippen molar-refractivity contribution in [2.45, 2.75) is 12.6 Å². The second kappa shape index (κ2) is 6.27. The zero-order valence-electron chi connectivity index (χ0n) is 14.3. The van der Waals surface area contributed by atoms with Crippen molar-refractivity contribution in [1.82, 2.24) is 9.78 Å². The third-order valence-electron chi connectivity index (χ3n) is 4.49. The van der Waals surface area contributed by atoms with Gasteiger partial charge in [0.2, 0.25) is 5.96 Å². The van der Waals surface area contributed by atoms with Gasteiger partial charge in [-0.1, -0.05) is 30.3 Å². The van der Waals surface area contributed by atoms with Gasteiger partial charge < -0.3 is 11.5 Å². The molecular weight excluding hydrogens is 331 g/mol. The van der Waals surface area contributed by atoms with Crippen LogP contribution in [0.1, 0.15) is 23.0 Å². The van der Waals surface area contributed by atoms with E-state index in [1.165, 1.54) is 12.1 Å². The number of halogens is 1. The fourth-order valence-corrected chi connectivity index (χ4v) is 3.27. The number of anilines is 1. The minimum Gasteiger partial charge on any atom is -0.369 e. The first-order valence-corrected chi connectivity index (χ1v) is 8.29. The molecule has 4 rings (SSSR count). The summed E-state index contributed by atoms with van der Waals surface area (Å²) in [7, 11) is 1.82. The van der Waals surface area contributed by atoms with Crippen molar-refractivity contribution < 1.29 is 4.39 Å². The summed E-state index contributed by atoms with van der Waals surface area (Å²) in [6.45, 7) is 0. The van der Waals surface area contributed by atoms with Gasteiger partial charge in [-0.15, -0.1) is 0 Å². The van der Waals surface area contributed by atoms with Crippen LogP contribution in [0.4, 0.5) is 15.9 Å². The van der Waals surface area contributed by atoms with E-state index in [1.54, 1.807) is 21.7 Å². The summed E-state index contributed by atoms with van der Waals surface area (Å²) < 4.78 is 15.0. The van der Waals surface area contributed by atoms with Crippen molar-refractivity contribution in [3.05, 3.63) is 77.2 Å². The quantitative estimate of drug-likeness (QED) is 0.760. The molecule has 0 radical (unpaired) electrons. The highest BCUT2D eigenvalue weighted by molar-refractivity contribution is 5.99. The molecule has 0 amide bonds. The smallest absolute Gasteiger partial charge is 0.204 e. The molecule has 0 aliphatic carbocycles. The van der Waals surface area contributed by atoms with Gasteiger partial charge in [-0.25, -0.2) is 4.39 Å². The molecule has 0 bridgehead atoms. The number of hydrogen-bond donors (Lipinski definition) is 2. The molecular formula is C19H19FN6. The number of nitrogens with two attached hydrogens (primary N) is 2. The highest BCUT2D eigenvalue weighted by Crippen LogP contribution is 2.37. The first kappa shape index (κ1) is 16.3. The van der Waals surface area contributed by atoms with Crippen molar-refractivity contribution in [3.63, 3.8) is 0 Å². The SMILES string of the molecule is Cn1nc(Cc2ccccc2)c2c1N=C(N)N(c1ccc(F)cc1)C2N. The van der Waals surface area contributed by atoms with Crippen LogP contribution < -0.4 is 16.4 Å². The van der Waals surface area contributed by atoms with Crippen LogP contribution >= 0.6 is 0 Å².